The molecule has 0 aliphatic carbocycles. The molecule has 0 spiro atoms. The van der Waals surface area contributed by atoms with Crippen LogP contribution in [0.5, 0.6) is 5.75 Å². The van der Waals surface area contributed by atoms with Crippen LogP contribution in [0, 0.1) is 11.3 Å². The molecule has 0 saturated carbocycles. The number of primary amides is 1. The first-order valence-corrected chi connectivity index (χ1v) is 37.3. The first kappa shape index (κ1) is 90.3. The Morgan fingerprint density at radius 2 is 1.07 bits per heavy atom. The average Bonchev–Trinajstić information content (AvgIpc) is 1.68. The highest BCUT2D eigenvalue weighted by Gasteiger charge is 2.40. The number of aromatic amines is 2. The van der Waals surface area contributed by atoms with E-state index in [1.807, 2.05) is 0 Å². The molecule has 618 valence electrons. The number of benzene rings is 3. The number of carboxylic acid groups (broad SMARTS) is 1. The zero-order valence-corrected chi connectivity index (χ0v) is 63.9. The summed E-state index contributed by atoms with van der Waals surface area (Å²) in [6.45, 7) is 5.11. The van der Waals surface area contributed by atoms with E-state index < -0.39 is 206 Å². The third-order valence-corrected chi connectivity index (χ3v) is 18.6. The number of hydrogen-bond donors (Lipinski definition) is 22. The quantitative estimate of drug-likeness (QED) is 0.00998. The van der Waals surface area contributed by atoms with Crippen LogP contribution in [0.25, 0.3) is 10.9 Å². The van der Waals surface area contributed by atoms with Crippen LogP contribution in [-0.2, 0) is 97.6 Å². The summed E-state index contributed by atoms with van der Waals surface area (Å²) in [5.41, 5.74) is 13.2. The number of aromatic hydroxyl groups is 1. The number of unbranched alkanes of at least 4 members (excludes halogenated alkanes) is 1. The van der Waals surface area contributed by atoms with Crippen molar-refractivity contribution in [3.05, 3.63) is 120 Å². The van der Waals surface area contributed by atoms with Crippen LogP contribution in [-0.4, -0.2) is 240 Å². The maximum atomic E-state index is 15.1. The van der Waals surface area contributed by atoms with Crippen molar-refractivity contribution in [2.24, 2.45) is 17.4 Å². The van der Waals surface area contributed by atoms with E-state index in [4.69, 9.17) is 16.9 Å². The second kappa shape index (κ2) is 45.1. The van der Waals surface area contributed by atoms with E-state index in [0.29, 0.717) is 40.4 Å². The van der Waals surface area contributed by atoms with E-state index in [1.54, 1.807) is 81.6 Å². The van der Waals surface area contributed by atoms with Gasteiger partial charge in [0.15, 0.2) is 5.96 Å². The van der Waals surface area contributed by atoms with Crippen LogP contribution < -0.4 is 80.6 Å². The van der Waals surface area contributed by atoms with Gasteiger partial charge in [-0.2, -0.15) is 0 Å². The number of guanidine groups is 1. The molecule has 39 heteroatoms. The Bertz CT molecular complexity index is 4160. The number of imidazole rings is 1. The molecular weight excluding hydrogens is 1480 g/mol. The molecule has 6 rings (SSSR count). The van der Waals surface area contributed by atoms with Crippen molar-refractivity contribution in [2.45, 2.75) is 191 Å². The molecule has 0 unspecified atom stereocenters. The number of aliphatic hydroxyl groups excluding tert-OH is 2. The number of aliphatic carboxylic acids is 1. The molecule has 14 amide bonds. The first-order valence-electron chi connectivity index (χ1n) is 37.3. The fourth-order valence-corrected chi connectivity index (χ4v) is 12.5. The third-order valence-electron chi connectivity index (χ3n) is 18.6. The topological polar surface area (TPSA) is 617 Å². The number of nitrogens with zero attached hydrogens (tertiary/aromatic N) is 2. The molecule has 114 heavy (non-hydrogen) atoms. The molecule has 12 atom stereocenters. The van der Waals surface area contributed by atoms with Gasteiger partial charge in [0.1, 0.15) is 84.1 Å². The van der Waals surface area contributed by atoms with Crippen molar-refractivity contribution in [3.8, 4) is 5.75 Å². The summed E-state index contributed by atoms with van der Waals surface area (Å²) in [4.78, 5) is 218. The molecule has 0 bridgehead atoms. The van der Waals surface area contributed by atoms with Crippen molar-refractivity contribution in [1.82, 2.24) is 89.0 Å². The molecular formula is C75H104N20O19. The molecule has 5 aromatic rings. The minimum Gasteiger partial charge on any atom is -0.508 e. The Labute approximate surface area is 656 Å². The number of H-pyrrole nitrogens is 2. The lowest BCUT2D eigenvalue weighted by Crippen LogP contribution is -2.61. The number of carboxylic acids is 1. The molecule has 0 radical (unpaired) electrons. The first-order chi connectivity index (χ1) is 54.3. The Morgan fingerprint density at radius 3 is 1.60 bits per heavy atom. The van der Waals surface area contributed by atoms with Crippen molar-refractivity contribution < 1.29 is 92.3 Å². The summed E-state index contributed by atoms with van der Waals surface area (Å²) in [7, 11) is 0. The highest BCUT2D eigenvalue weighted by Crippen LogP contribution is 2.22. The standard InChI is InChI=1S/C75H104N20O19/c1-6-7-18-49(87-72(112)57(39-97)93-69(109)53(33-44-22-24-46(99)25-23-44)90-71(111)56(38-96)85-42(5)98)65(105)88-51(26-27-61(101)102)67(107)92-55(35-59-79-29-30-80-59)70(110)89-52(32-43-15-9-8-10-16-43)68(108)86-50(20-13-28-81-75(77)78)66(106)91-54(34-45-36-82-48-19-12-11-17-47(45)48)64(104)83-37-60(100)84-41(4)74(114)95-31-14-21-58(95)73(113)94-62(40(2)3)63(76)103/h8-12,15-17,19,22-25,29-30,36,40-41,49-58,62,82,96-97,99H,6-7,13-14,18,20-21,26-28,31-35,37-39H2,1-5H3,(H2,76,103)(H,79,80)(H,83,104)(H,84,100)(H,85,98)(H,86,108)(H,87,112)(H,88,105)(H,89,110)(H,90,111)(H,91,106)(H,92,107)(H,93,109)(H,94,113)(H,101,102)(H4,77,78,81)/t41-,49-,50-,51-,52+,53-,54-,55-,56-,57-,58-,62-/m0/s1. The van der Waals surface area contributed by atoms with Gasteiger partial charge in [-0.25, -0.2) is 4.98 Å². The maximum absolute atomic E-state index is 15.1. The van der Waals surface area contributed by atoms with E-state index in [2.05, 4.69) is 84.1 Å². The molecule has 1 fully saturated rings. The lowest BCUT2D eigenvalue weighted by molar-refractivity contribution is -0.141. The Morgan fingerprint density at radius 1 is 0.570 bits per heavy atom. The van der Waals surface area contributed by atoms with Gasteiger partial charge in [0.2, 0.25) is 82.7 Å². The number of nitrogens with one attached hydrogen (secondary N) is 16. The number of likely N-dealkylation sites (tertiary alicyclic amines) is 1. The molecule has 1 aliphatic rings. The van der Waals surface area contributed by atoms with Gasteiger partial charge < -0.3 is 116 Å². The fourth-order valence-electron chi connectivity index (χ4n) is 12.5. The van der Waals surface area contributed by atoms with E-state index in [-0.39, 0.29) is 81.9 Å². The van der Waals surface area contributed by atoms with E-state index in [0.717, 1.165) is 6.92 Å². The minimum atomic E-state index is -1.83. The molecule has 1 aliphatic heterocycles. The number of amides is 14. The van der Waals surface area contributed by atoms with Crippen molar-refractivity contribution in [2.75, 3.05) is 32.8 Å². The third kappa shape index (κ3) is 28.6. The largest absolute Gasteiger partial charge is 0.508 e. The number of aromatic nitrogens is 3. The van der Waals surface area contributed by atoms with Gasteiger partial charge in [-0.15, -0.1) is 0 Å². The normalized spacial score (nSPS) is 15.3. The second-order valence-electron chi connectivity index (χ2n) is 27.9. The molecule has 24 N–H and O–H groups in total. The smallest absolute Gasteiger partial charge is 0.303 e. The van der Waals surface area contributed by atoms with Crippen LogP contribution in [0.1, 0.15) is 115 Å². The highest BCUT2D eigenvalue weighted by atomic mass is 16.4. The maximum Gasteiger partial charge on any atom is 0.303 e. The number of phenolic OH excluding ortho intramolecular Hbond substituents is 1. The molecule has 39 nitrogen and oxygen atoms in total. The van der Waals surface area contributed by atoms with Crippen LogP contribution in [0.15, 0.2) is 97.5 Å². The molecule has 3 heterocycles. The van der Waals surface area contributed by atoms with Crippen LogP contribution in [0.3, 0.4) is 0 Å². The monoisotopic (exact) mass is 1590 g/mol. The zero-order chi connectivity index (χ0) is 83.7. The van der Waals surface area contributed by atoms with Crippen molar-refractivity contribution in [1.29, 1.82) is 5.41 Å². The van der Waals surface area contributed by atoms with Crippen molar-refractivity contribution in [3.63, 3.8) is 0 Å². The number of phenols is 1. The summed E-state index contributed by atoms with van der Waals surface area (Å²) in [5.74, 6) is -15.0. The highest BCUT2D eigenvalue weighted by molar-refractivity contribution is 6.00. The number of carbonyl (C=O) groups is 15. The van der Waals surface area contributed by atoms with Gasteiger partial charge in [0, 0.05) is 81.6 Å². The molecule has 2 aromatic heterocycles. The van der Waals surface area contributed by atoms with Gasteiger partial charge in [-0.05, 0) is 86.3 Å². The molecule has 3 aromatic carbocycles. The van der Waals surface area contributed by atoms with Gasteiger partial charge in [-0.1, -0.05) is 94.3 Å². The van der Waals surface area contributed by atoms with Crippen LogP contribution in [0.2, 0.25) is 0 Å². The fraction of sp³-hybridized carbons (Fsp3) is 0.480. The predicted octanol–water partition coefficient (Wildman–Crippen LogP) is -4.21. The lowest BCUT2D eigenvalue weighted by Gasteiger charge is -2.29. The number of fused-ring (bicyclic) bond motifs is 1. The number of nitrogens with two attached hydrogens (primary N) is 2. The average molecular weight is 1590 g/mol. The number of rotatable bonds is 46. The van der Waals surface area contributed by atoms with Crippen molar-refractivity contribution >= 4 is 106 Å². The van der Waals surface area contributed by atoms with Gasteiger partial charge in [0.25, 0.3) is 0 Å². The van der Waals surface area contributed by atoms with E-state index in [1.165, 1.54) is 48.5 Å². The van der Waals surface area contributed by atoms with Crippen LogP contribution in [0.4, 0.5) is 0 Å². The number of aliphatic hydroxyl groups is 2. The summed E-state index contributed by atoms with van der Waals surface area (Å²) in [6.07, 6.45) is 2.92. The zero-order valence-electron chi connectivity index (χ0n) is 63.9. The summed E-state index contributed by atoms with van der Waals surface area (Å²) < 4.78 is 0. The molecule has 1 saturated heterocycles. The van der Waals surface area contributed by atoms with Crippen LogP contribution >= 0.6 is 0 Å². The van der Waals surface area contributed by atoms with Gasteiger partial charge in [-0.3, -0.25) is 77.3 Å². The van der Waals surface area contributed by atoms with E-state index >= 15 is 9.59 Å². The lowest BCUT2D eigenvalue weighted by atomic mass is 10.0. The predicted molar refractivity (Wildman–Crippen MR) is 410 cm³/mol. The SMILES string of the molecule is CCCC[C@H](NC(=O)[C@H](CO)NC(=O)[C@H](Cc1ccc(O)cc1)NC(=O)[C@H](CO)NC(C)=O)C(=O)N[C@@H](CCC(=O)O)C(=O)N[C@@H](Cc1ncc[nH]1)C(=O)N[C@H](Cc1ccccc1)C(=O)N[C@@H](CCCNC(=N)N)C(=O)N[C@@H](Cc1c[nH]c2ccccc12)C(=O)NCC(=O)N[C@@H](C)C(=O)N1CCC[C@H]1C(=O)N[C@H](C(N)=O)C(C)C. The van der Waals surface area contributed by atoms with Gasteiger partial charge in [0.05, 0.1) is 19.8 Å². The number of carbonyl (C=O) groups excluding carboxylic acids is 14. The summed E-state index contributed by atoms with van der Waals surface area (Å²) >= 11 is 0. The number of hydrogen-bond acceptors (Lipinski definition) is 20. The number of para-hydroxylation sites is 1. The Kier molecular flexibility index (Phi) is 35.7. The van der Waals surface area contributed by atoms with Gasteiger partial charge >= 0.3 is 5.97 Å². The van der Waals surface area contributed by atoms with E-state index in [9.17, 15) is 82.8 Å². The Balaban J connectivity index is 1.23. The second-order valence-corrected chi connectivity index (χ2v) is 27.9. The summed E-state index contributed by atoms with van der Waals surface area (Å²) in [6, 6.07) is 3.01. The Hall–Kier alpha value is -12.6. The minimum absolute atomic E-state index is 0.000364. The summed E-state index contributed by atoms with van der Waals surface area (Å²) in [5, 5.41) is 81.5.